The Labute approximate surface area is 116 Å². The largest absolute Gasteiger partial charge is 0.329 e. The molecule has 0 radical (unpaired) electrons. The summed E-state index contributed by atoms with van der Waals surface area (Å²) in [6, 6.07) is 8.06. The van der Waals surface area contributed by atoms with Gasteiger partial charge in [0.15, 0.2) is 0 Å². The van der Waals surface area contributed by atoms with Crippen molar-refractivity contribution < 1.29 is 0 Å². The molecule has 102 valence electrons. The van der Waals surface area contributed by atoms with E-state index in [1.54, 1.807) is 0 Å². The summed E-state index contributed by atoms with van der Waals surface area (Å²) in [6.45, 7) is 6.21. The summed E-state index contributed by atoms with van der Waals surface area (Å²) >= 11 is 5.91. The van der Waals surface area contributed by atoms with E-state index < -0.39 is 0 Å². The highest BCUT2D eigenvalue weighted by Gasteiger charge is 2.27. The Morgan fingerprint density at radius 3 is 2.39 bits per heavy atom. The second-order valence-corrected chi connectivity index (χ2v) is 5.72. The number of nitrogens with zero attached hydrogens (tertiary/aromatic N) is 1. The van der Waals surface area contributed by atoms with Crippen LogP contribution in [0.25, 0.3) is 0 Å². The Bertz CT molecular complexity index is 350. The second kappa shape index (κ2) is 7.13. The predicted molar refractivity (Wildman–Crippen MR) is 80.2 cm³/mol. The zero-order chi connectivity index (χ0) is 13.6. The summed E-state index contributed by atoms with van der Waals surface area (Å²) in [5.41, 5.74) is 7.29. The number of rotatable bonds is 7. The fourth-order valence-electron chi connectivity index (χ4n) is 2.07. The number of halogens is 1. The van der Waals surface area contributed by atoms with Gasteiger partial charge in [0, 0.05) is 17.1 Å². The van der Waals surface area contributed by atoms with Crippen LogP contribution in [0.4, 0.5) is 0 Å². The molecule has 2 N–H and O–H groups in total. The van der Waals surface area contributed by atoms with Crippen LogP contribution in [0.1, 0.15) is 32.3 Å². The number of hydrogen-bond acceptors (Lipinski definition) is 2. The minimum atomic E-state index is 0.0169. The van der Waals surface area contributed by atoms with Crippen molar-refractivity contribution in [2.24, 2.45) is 5.73 Å². The third-order valence-corrected chi connectivity index (χ3v) is 3.96. The van der Waals surface area contributed by atoms with E-state index in [1.165, 1.54) is 18.4 Å². The first-order valence-electron chi connectivity index (χ1n) is 6.67. The summed E-state index contributed by atoms with van der Waals surface area (Å²) in [5, 5.41) is 0.785. The first kappa shape index (κ1) is 15.5. The van der Waals surface area contributed by atoms with E-state index in [-0.39, 0.29) is 5.54 Å². The number of unbranched alkanes of at least 4 members (excludes halogenated alkanes) is 1. The molecule has 2 nitrogen and oxygen atoms in total. The zero-order valence-electron chi connectivity index (χ0n) is 11.7. The van der Waals surface area contributed by atoms with Crippen molar-refractivity contribution in [1.29, 1.82) is 0 Å². The van der Waals surface area contributed by atoms with E-state index in [2.05, 4.69) is 37.9 Å². The first-order chi connectivity index (χ1) is 8.51. The minimum Gasteiger partial charge on any atom is -0.329 e. The number of benzene rings is 1. The smallest absolute Gasteiger partial charge is 0.0406 e. The summed E-state index contributed by atoms with van der Waals surface area (Å²) in [7, 11) is 2.17. The summed E-state index contributed by atoms with van der Waals surface area (Å²) in [4.78, 5) is 2.38. The molecule has 0 bridgehead atoms. The predicted octanol–water partition coefficient (Wildman–Crippen LogP) is 3.33. The van der Waals surface area contributed by atoms with Gasteiger partial charge in [0.25, 0.3) is 0 Å². The maximum atomic E-state index is 5.99. The van der Waals surface area contributed by atoms with Crippen molar-refractivity contribution in [1.82, 2.24) is 4.90 Å². The SMILES string of the molecule is CCCCN(C)C(C)(CN)Cc1ccc(Cl)cc1. The van der Waals surface area contributed by atoms with Gasteiger partial charge in [-0.2, -0.15) is 0 Å². The van der Waals surface area contributed by atoms with E-state index in [0.717, 1.165) is 18.0 Å². The van der Waals surface area contributed by atoms with Crippen LogP contribution >= 0.6 is 11.6 Å². The van der Waals surface area contributed by atoms with Crippen molar-refractivity contribution in [3.8, 4) is 0 Å². The van der Waals surface area contributed by atoms with Crippen molar-refractivity contribution in [2.45, 2.75) is 38.6 Å². The van der Waals surface area contributed by atoms with Gasteiger partial charge >= 0.3 is 0 Å². The first-order valence-corrected chi connectivity index (χ1v) is 7.05. The lowest BCUT2D eigenvalue weighted by Crippen LogP contribution is -2.51. The molecular weight excluding hydrogens is 244 g/mol. The van der Waals surface area contributed by atoms with Gasteiger partial charge in [-0.25, -0.2) is 0 Å². The van der Waals surface area contributed by atoms with Crippen LogP contribution < -0.4 is 5.73 Å². The molecule has 0 spiro atoms. The Morgan fingerprint density at radius 2 is 1.89 bits per heavy atom. The van der Waals surface area contributed by atoms with Crippen molar-refractivity contribution in [3.63, 3.8) is 0 Å². The van der Waals surface area contributed by atoms with Crippen molar-refractivity contribution >= 4 is 11.6 Å². The highest BCUT2D eigenvalue weighted by Crippen LogP contribution is 2.20. The van der Waals surface area contributed by atoms with Crippen LogP contribution in [0.15, 0.2) is 24.3 Å². The minimum absolute atomic E-state index is 0.0169. The molecule has 0 saturated heterocycles. The lowest BCUT2D eigenvalue weighted by Gasteiger charge is -2.38. The topological polar surface area (TPSA) is 29.3 Å². The van der Waals surface area contributed by atoms with Gasteiger partial charge in [-0.15, -0.1) is 0 Å². The third kappa shape index (κ3) is 4.27. The highest BCUT2D eigenvalue weighted by molar-refractivity contribution is 6.30. The quantitative estimate of drug-likeness (QED) is 0.822. The molecule has 1 rings (SSSR count). The number of nitrogens with two attached hydrogens (primary N) is 1. The summed E-state index contributed by atoms with van der Waals surface area (Å²) in [5.74, 6) is 0. The van der Waals surface area contributed by atoms with Gasteiger partial charge in [0.05, 0.1) is 0 Å². The molecule has 18 heavy (non-hydrogen) atoms. The Morgan fingerprint density at radius 1 is 1.28 bits per heavy atom. The van der Waals surface area contributed by atoms with E-state index >= 15 is 0 Å². The zero-order valence-corrected chi connectivity index (χ0v) is 12.5. The van der Waals surface area contributed by atoms with Crippen LogP contribution in [0.2, 0.25) is 5.02 Å². The Balaban J connectivity index is 2.72. The van der Waals surface area contributed by atoms with Crippen molar-refractivity contribution in [2.75, 3.05) is 20.1 Å². The Kier molecular flexibility index (Phi) is 6.13. The molecule has 0 aromatic heterocycles. The van der Waals surface area contributed by atoms with Crippen LogP contribution in [-0.4, -0.2) is 30.6 Å². The fraction of sp³-hybridized carbons (Fsp3) is 0.600. The standard InChI is InChI=1S/C15H25ClN2/c1-4-5-10-18(3)15(2,12-17)11-13-6-8-14(16)9-7-13/h6-9H,4-5,10-12,17H2,1-3H3. The highest BCUT2D eigenvalue weighted by atomic mass is 35.5. The van der Waals surface area contributed by atoms with Gasteiger partial charge < -0.3 is 5.73 Å². The monoisotopic (exact) mass is 268 g/mol. The van der Waals surface area contributed by atoms with Crippen LogP contribution in [0.5, 0.6) is 0 Å². The van der Waals surface area contributed by atoms with Gasteiger partial charge in [-0.05, 0) is 51.1 Å². The Hall–Kier alpha value is -0.570. The summed E-state index contributed by atoms with van der Waals surface area (Å²) < 4.78 is 0. The molecule has 0 heterocycles. The molecule has 1 atom stereocenters. The molecule has 0 amide bonds. The van der Waals surface area contributed by atoms with Crippen LogP contribution in [0.3, 0.4) is 0 Å². The molecule has 3 heteroatoms. The van der Waals surface area contributed by atoms with E-state index in [9.17, 15) is 0 Å². The molecule has 0 aliphatic heterocycles. The normalized spacial score (nSPS) is 14.8. The molecule has 0 saturated carbocycles. The van der Waals surface area contributed by atoms with E-state index in [1.807, 2.05) is 12.1 Å². The second-order valence-electron chi connectivity index (χ2n) is 5.28. The molecule has 0 aliphatic carbocycles. The molecule has 1 aromatic rings. The average molecular weight is 269 g/mol. The van der Waals surface area contributed by atoms with Crippen LogP contribution in [-0.2, 0) is 6.42 Å². The average Bonchev–Trinajstić information content (AvgIpc) is 2.38. The van der Waals surface area contributed by atoms with Gasteiger partial charge in [-0.1, -0.05) is 37.1 Å². The van der Waals surface area contributed by atoms with Gasteiger partial charge in [0.1, 0.15) is 0 Å². The maximum absolute atomic E-state index is 5.99. The van der Waals surface area contributed by atoms with Crippen LogP contribution in [0, 0.1) is 0 Å². The number of likely N-dealkylation sites (N-methyl/N-ethyl adjacent to an activating group) is 1. The molecule has 1 aromatic carbocycles. The molecule has 1 unspecified atom stereocenters. The number of hydrogen-bond donors (Lipinski definition) is 1. The van der Waals surface area contributed by atoms with E-state index in [0.29, 0.717) is 6.54 Å². The van der Waals surface area contributed by atoms with Gasteiger partial charge in [-0.3, -0.25) is 4.90 Å². The van der Waals surface area contributed by atoms with Gasteiger partial charge in [0.2, 0.25) is 0 Å². The van der Waals surface area contributed by atoms with Crippen molar-refractivity contribution in [3.05, 3.63) is 34.9 Å². The molecule has 0 aliphatic rings. The molecular formula is C15H25ClN2. The maximum Gasteiger partial charge on any atom is 0.0406 e. The summed E-state index contributed by atoms with van der Waals surface area (Å²) in [6.07, 6.45) is 3.39. The fourth-order valence-corrected chi connectivity index (χ4v) is 2.20. The third-order valence-electron chi connectivity index (χ3n) is 3.71. The lowest BCUT2D eigenvalue weighted by atomic mass is 9.91. The molecule has 0 fully saturated rings. The lowest BCUT2D eigenvalue weighted by molar-refractivity contribution is 0.142. The van der Waals surface area contributed by atoms with E-state index in [4.69, 9.17) is 17.3 Å².